The number of rotatable bonds is 7. The summed E-state index contributed by atoms with van der Waals surface area (Å²) in [6.07, 6.45) is 2.86. The van der Waals surface area contributed by atoms with Crippen molar-refractivity contribution in [1.82, 2.24) is 15.2 Å². The number of hydrogen-bond acceptors (Lipinski definition) is 3. The predicted molar refractivity (Wildman–Crippen MR) is 64.0 cm³/mol. The number of pyridine rings is 1. The van der Waals surface area contributed by atoms with E-state index in [1.807, 2.05) is 18.3 Å². The highest BCUT2D eigenvalue weighted by Gasteiger charge is 1.94. The molecular weight excluding hydrogens is 186 g/mol. The molecule has 84 valence electrons. The first-order valence-corrected chi connectivity index (χ1v) is 5.62. The van der Waals surface area contributed by atoms with E-state index in [0.717, 1.165) is 38.3 Å². The van der Waals surface area contributed by atoms with Crippen molar-refractivity contribution in [3.8, 4) is 0 Å². The van der Waals surface area contributed by atoms with Gasteiger partial charge in [0.2, 0.25) is 0 Å². The van der Waals surface area contributed by atoms with Crippen LogP contribution in [0.2, 0.25) is 0 Å². The molecule has 0 aliphatic carbocycles. The number of aromatic nitrogens is 1. The summed E-state index contributed by atoms with van der Waals surface area (Å²) in [6, 6.07) is 6.06. The Bertz CT molecular complexity index is 248. The summed E-state index contributed by atoms with van der Waals surface area (Å²) in [4.78, 5) is 6.58. The molecule has 0 fully saturated rings. The van der Waals surface area contributed by atoms with Crippen molar-refractivity contribution >= 4 is 0 Å². The maximum Gasteiger partial charge on any atom is 0.0416 e. The van der Waals surface area contributed by atoms with E-state index in [-0.39, 0.29) is 0 Å². The Kier molecular flexibility index (Phi) is 5.97. The Morgan fingerprint density at radius 1 is 1.33 bits per heavy atom. The minimum atomic E-state index is 1.01. The monoisotopic (exact) mass is 207 g/mol. The molecule has 0 aromatic carbocycles. The van der Waals surface area contributed by atoms with E-state index in [4.69, 9.17) is 0 Å². The minimum Gasteiger partial charge on any atom is -0.315 e. The zero-order valence-electron chi connectivity index (χ0n) is 9.74. The standard InChI is InChI=1S/C12H21N3/c1-3-15(2)11-10-13-9-7-12-6-4-5-8-14-12/h4-6,8,13H,3,7,9-11H2,1-2H3. The normalized spacial score (nSPS) is 10.9. The van der Waals surface area contributed by atoms with E-state index in [1.165, 1.54) is 0 Å². The summed E-state index contributed by atoms with van der Waals surface area (Å²) in [5.41, 5.74) is 1.16. The third kappa shape index (κ3) is 5.50. The summed E-state index contributed by atoms with van der Waals surface area (Å²) in [5.74, 6) is 0. The van der Waals surface area contributed by atoms with Crippen molar-refractivity contribution in [2.75, 3.05) is 33.2 Å². The topological polar surface area (TPSA) is 28.2 Å². The fourth-order valence-electron chi connectivity index (χ4n) is 1.32. The number of likely N-dealkylation sites (N-methyl/N-ethyl adjacent to an activating group) is 1. The van der Waals surface area contributed by atoms with Gasteiger partial charge in [0.15, 0.2) is 0 Å². The second-order valence-electron chi connectivity index (χ2n) is 3.72. The van der Waals surface area contributed by atoms with Gasteiger partial charge in [0, 0.05) is 37.9 Å². The largest absolute Gasteiger partial charge is 0.315 e. The molecular formula is C12H21N3. The second kappa shape index (κ2) is 7.37. The Hall–Kier alpha value is -0.930. The lowest BCUT2D eigenvalue weighted by Crippen LogP contribution is -2.30. The van der Waals surface area contributed by atoms with Crippen LogP contribution in [0.4, 0.5) is 0 Å². The Morgan fingerprint density at radius 2 is 2.20 bits per heavy atom. The highest BCUT2D eigenvalue weighted by molar-refractivity contribution is 5.03. The zero-order valence-corrected chi connectivity index (χ0v) is 9.74. The second-order valence-corrected chi connectivity index (χ2v) is 3.72. The average Bonchev–Trinajstić information content (AvgIpc) is 2.29. The van der Waals surface area contributed by atoms with Crippen molar-refractivity contribution in [2.45, 2.75) is 13.3 Å². The first kappa shape index (κ1) is 12.1. The van der Waals surface area contributed by atoms with Crippen LogP contribution in [0.25, 0.3) is 0 Å². The van der Waals surface area contributed by atoms with Gasteiger partial charge in [-0.05, 0) is 25.7 Å². The molecule has 0 bridgehead atoms. The molecule has 0 radical (unpaired) electrons. The summed E-state index contributed by atoms with van der Waals surface area (Å²) in [5, 5.41) is 3.42. The molecule has 0 aliphatic rings. The van der Waals surface area contributed by atoms with Crippen LogP contribution in [0.15, 0.2) is 24.4 Å². The molecule has 0 saturated heterocycles. The summed E-state index contributed by atoms with van der Waals surface area (Å²) >= 11 is 0. The number of nitrogens with one attached hydrogen (secondary N) is 1. The molecule has 1 rings (SSSR count). The van der Waals surface area contributed by atoms with Gasteiger partial charge in [-0.3, -0.25) is 4.98 Å². The third-order valence-corrected chi connectivity index (χ3v) is 2.49. The van der Waals surface area contributed by atoms with Crippen molar-refractivity contribution in [2.24, 2.45) is 0 Å². The highest BCUT2D eigenvalue weighted by atomic mass is 15.1. The van der Waals surface area contributed by atoms with Gasteiger partial charge < -0.3 is 10.2 Å². The molecule has 3 heteroatoms. The molecule has 1 heterocycles. The van der Waals surface area contributed by atoms with Gasteiger partial charge in [-0.25, -0.2) is 0 Å². The fraction of sp³-hybridized carbons (Fsp3) is 0.583. The molecule has 3 nitrogen and oxygen atoms in total. The van der Waals surface area contributed by atoms with Crippen LogP contribution in [0.3, 0.4) is 0 Å². The van der Waals surface area contributed by atoms with E-state index in [2.05, 4.69) is 35.2 Å². The third-order valence-electron chi connectivity index (χ3n) is 2.49. The van der Waals surface area contributed by atoms with Crippen molar-refractivity contribution in [3.05, 3.63) is 30.1 Å². The van der Waals surface area contributed by atoms with E-state index in [1.54, 1.807) is 0 Å². The summed E-state index contributed by atoms with van der Waals surface area (Å²) < 4.78 is 0. The van der Waals surface area contributed by atoms with Gasteiger partial charge in [-0.1, -0.05) is 13.0 Å². The smallest absolute Gasteiger partial charge is 0.0416 e. The van der Waals surface area contributed by atoms with Crippen LogP contribution in [-0.2, 0) is 6.42 Å². The van der Waals surface area contributed by atoms with Crippen molar-refractivity contribution in [1.29, 1.82) is 0 Å². The van der Waals surface area contributed by atoms with Gasteiger partial charge in [0.05, 0.1) is 0 Å². The minimum absolute atomic E-state index is 1.01. The first-order valence-electron chi connectivity index (χ1n) is 5.62. The molecule has 1 aromatic rings. The quantitative estimate of drug-likeness (QED) is 0.680. The van der Waals surface area contributed by atoms with Gasteiger partial charge in [-0.15, -0.1) is 0 Å². The lowest BCUT2D eigenvalue weighted by atomic mass is 10.3. The van der Waals surface area contributed by atoms with Crippen LogP contribution >= 0.6 is 0 Å². The van der Waals surface area contributed by atoms with Gasteiger partial charge in [0.1, 0.15) is 0 Å². The molecule has 0 amide bonds. The Labute approximate surface area is 92.5 Å². The Balaban J connectivity index is 2.03. The molecule has 1 aromatic heterocycles. The van der Waals surface area contributed by atoms with Crippen LogP contribution in [0.1, 0.15) is 12.6 Å². The van der Waals surface area contributed by atoms with Crippen LogP contribution in [0.5, 0.6) is 0 Å². The lowest BCUT2D eigenvalue weighted by molar-refractivity contribution is 0.349. The maximum atomic E-state index is 4.28. The number of hydrogen-bond donors (Lipinski definition) is 1. The molecule has 1 N–H and O–H groups in total. The molecule has 0 atom stereocenters. The lowest BCUT2D eigenvalue weighted by Gasteiger charge is -2.13. The molecule has 0 aliphatic heterocycles. The van der Waals surface area contributed by atoms with Crippen molar-refractivity contribution in [3.63, 3.8) is 0 Å². The summed E-state index contributed by atoms with van der Waals surface area (Å²) in [6.45, 7) is 6.46. The highest BCUT2D eigenvalue weighted by Crippen LogP contribution is 1.92. The van der Waals surface area contributed by atoms with Gasteiger partial charge in [-0.2, -0.15) is 0 Å². The molecule has 0 saturated carbocycles. The van der Waals surface area contributed by atoms with E-state index >= 15 is 0 Å². The maximum absolute atomic E-state index is 4.28. The Morgan fingerprint density at radius 3 is 2.87 bits per heavy atom. The van der Waals surface area contributed by atoms with Gasteiger partial charge >= 0.3 is 0 Å². The van der Waals surface area contributed by atoms with Crippen molar-refractivity contribution < 1.29 is 0 Å². The summed E-state index contributed by atoms with van der Waals surface area (Å²) in [7, 11) is 2.14. The fourth-order valence-corrected chi connectivity index (χ4v) is 1.32. The van der Waals surface area contributed by atoms with Crippen LogP contribution < -0.4 is 5.32 Å². The van der Waals surface area contributed by atoms with E-state index < -0.39 is 0 Å². The zero-order chi connectivity index (χ0) is 10.9. The van der Waals surface area contributed by atoms with Crippen LogP contribution in [0, 0.1) is 0 Å². The molecule has 0 unspecified atom stereocenters. The SMILES string of the molecule is CCN(C)CCNCCc1ccccn1. The predicted octanol–water partition coefficient (Wildman–Crippen LogP) is 1.17. The number of nitrogens with zero attached hydrogens (tertiary/aromatic N) is 2. The molecule has 0 spiro atoms. The van der Waals surface area contributed by atoms with E-state index in [0.29, 0.717) is 0 Å². The average molecular weight is 207 g/mol. The van der Waals surface area contributed by atoms with Crippen LogP contribution in [-0.4, -0.2) is 43.1 Å². The first-order chi connectivity index (χ1) is 7.33. The molecule has 15 heavy (non-hydrogen) atoms. The van der Waals surface area contributed by atoms with Gasteiger partial charge in [0.25, 0.3) is 0 Å². The van der Waals surface area contributed by atoms with E-state index in [9.17, 15) is 0 Å².